The van der Waals surface area contributed by atoms with Crippen LogP contribution in [0.4, 0.5) is 10.1 Å². The van der Waals surface area contributed by atoms with E-state index >= 15 is 0 Å². The fourth-order valence-corrected chi connectivity index (χ4v) is 3.48. The lowest BCUT2D eigenvalue weighted by atomic mass is 10.2. The lowest BCUT2D eigenvalue weighted by Crippen LogP contribution is -2.39. The predicted molar refractivity (Wildman–Crippen MR) is 106 cm³/mol. The molecule has 0 bridgehead atoms. The van der Waals surface area contributed by atoms with Crippen molar-refractivity contribution in [1.82, 2.24) is 5.43 Å². The third kappa shape index (κ3) is 5.66. The van der Waals surface area contributed by atoms with Gasteiger partial charge in [0.15, 0.2) is 0 Å². The second-order valence-corrected chi connectivity index (χ2v) is 8.38. The van der Waals surface area contributed by atoms with Crippen LogP contribution in [0.25, 0.3) is 0 Å². The van der Waals surface area contributed by atoms with Crippen LogP contribution in [-0.4, -0.2) is 33.3 Å². The first-order chi connectivity index (χ1) is 12.6. The summed E-state index contributed by atoms with van der Waals surface area (Å²) in [5, 5.41) is 4.09. The second kappa shape index (κ2) is 8.69. The van der Waals surface area contributed by atoms with Crippen LogP contribution in [0, 0.1) is 12.7 Å². The number of hydrazone groups is 1. The molecule has 0 aliphatic rings. The Morgan fingerprint density at radius 2 is 2.00 bits per heavy atom. The smallest absolute Gasteiger partial charge is 0.260 e. The monoisotopic (exact) mass is 431 g/mol. The molecule has 0 saturated carbocycles. The summed E-state index contributed by atoms with van der Waals surface area (Å²) < 4.78 is 38.8. The first-order valence-corrected chi connectivity index (χ1v) is 10.2. The van der Waals surface area contributed by atoms with Crippen molar-refractivity contribution in [1.29, 1.82) is 0 Å². The number of nitrogens with one attached hydrogen (secondary N) is 1. The fourth-order valence-electron chi connectivity index (χ4n) is 2.20. The average Bonchev–Trinajstić information content (AvgIpc) is 2.57. The quantitative estimate of drug-likeness (QED) is 0.562. The highest BCUT2D eigenvalue weighted by Crippen LogP contribution is 2.26. The molecule has 2 rings (SSSR count). The molecule has 144 valence electrons. The number of hydrogen-bond donors (Lipinski definition) is 1. The van der Waals surface area contributed by atoms with E-state index in [0.717, 1.165) is 16.8 Å². The maximum atomic E-state index is 13.7. The van der Waals surface area contributed by atoms with Gasteiger partial charge in [-0.05, 0) is 36.8 Å². The van der Waals surface area contributed by atoms with E-state index in [0.29, 0.717) is 10.6 Å². The molecular formula is C17H16Cl2FN3O3S. The van der Waals surface area contributed by atoms with Crippen LogP contribution in [0.1, 0.15) is 11.1 Å². The zero-order chi connectivity index (χ0) is 20.2. The molecule has 0 unspecified atom stereocenters. The van der Waals surface area contributed by atoms with Crippen LogP contribution in [0.2, 0.25) is 10.0 Å². The van der Waals surface area contributed by atoms with Crippen molar-refractivity contribution in [3.8, 4) is 0 Å². The summed E-state index contributed by atoms with van der Waals surface area (Å²) >= 11 is 11.8. The summed E-state index contributed by atoms with van der Waals surface area (Å²) in [6, 6.07) is 8.82. The molecule has 27 heavy (non-hydrogen) atoms. The number of aryl methyl sites for hydroxylation is 1. The highest BCUT2D eigenvalue weighted by molar-refractivity contribution is 7.92. The number of halogens is 3. The van der Waals surface area contributed by atoms with Gasteiger partial charge in [0, 0.05) is 10.6 Å². The van der Waals surface area contributed by atoms with E-state index in [1.807, 2.05) is 0 Å². The summed E-state index contributed by atoms with van der Waals surface area (Å²) in [5.74, 6) is -1.32. The number of carbonyl (C=O) groups excluding carboxylic acids is 1. The maximum Gasteiger partial charge on any atom is 0.260 e. The molecule has 6 nitrogen and oxygen atoms in total. The molecule has 0 fully saturated rings. The summed E-state index contributed by atoms with van der Waals surface area (Å²) in [6.07, 6.45) is 2.02. The Morgan fingerprint density at radius 1 is 1.30 bits per heavy atom. The number of benzene rings is 2. The number of hydrogen-bond acceptors (Lipinski definition) is 4. The normalized spacial score (nSPS) is 11.6. The summed E-state index contributed by atoms with van der Waals surface area (Å²) in [7, 11) is -3.76. The van der Waals surface area contributed by atoms with E-state index in [9.17, 15) is 17.6 Å². The summed E-state index contributed by atoms with van der Waals surface area (Å²) in [6.45, 7) is 1.17. The van der Waals surface area contributed by atoms with Crippen molar-refractivity contribution in [2.45, 2.75) is 6.92 Å². The number of sulfonamides is 1. The van der Waals surface area contributed by atoms with E-state index in [2.05, 4.69) is 10.5 Å². The molecule has 0 heterocycles. The molecule has 1 N–H and O–H groups in total. The predicted octanol–water partition coefficient (Wildman–Crippen LogP) is 3.36. The number of nitrogens with zero attached hydrogens (tertiary/aromatic N) is 2. The SMILES string of the molecule is Cc1ccc(Cl)cc1N(CC(=O)N/N=C\c1c(F)cccc1Cl)S(C)(=O)=O. The third-order valence-corrected chi connectivity index (χ3v) is 5.20. The van der Waals surface area contributed by atoms with Gasteiger partial charge in [0.25, 0.3) is 5.91 Å². The standard InChI is InChI=1S/C17H16Cl2FN3O3S/c1-11-6-7-12(18)8-16(11)23(27(2,25)26)10-17(24)22-21-9-13-14(19)4-3-5-15(13)20/h3-9H,10H2,1-2H3,(H,22,24)/b21-9-. The third-order valence-electron chi connectivity index (χ3n) is 3.51. The van der Waals surface area contributed by atoms with Crippen molar-refractivity contribution in [3.63, 3.8) is 0 Å². The minimum Gasteiger partial charge on any atom is -0.271 e. The van der Waals surface area contributed by atoms with E-state index in [1.54, 1.807) is 19.1 Å². The lowest BCUT2D eigenvalue weighted by molar-refractivity contribution is -0.119. The van der Waals surface area contributed by atoms with Gasteiger partial charge in [-0.25, -0.2) is 18.2 Å². The minimum atomic E-state index is -3.76. The minimum absolute atomic E-state index is 0.00474. The van der Waals surface area contributed by atoms with Gasteiger partial charge in [0.05, 0.1) is 23.2 Å². The van der Waals surface area contributed by atoms with Gasteiger partial charge in [-0.3, -0.25) is 9.10 Å². The van der Waals surface area contributed by atoms with Gasteiger partial charge in [0.2, 0.25) is 10.0 Å². The Kier molecular flexibility index (Phi) is 6.80. The maximum absolute atomic E-state index is 13.7. The number of anilines is 1. The molecule has 10 heteroatoms. The molecule has 0 spiro atoms. The van der Waals surface area contributed by atoms with Crippen molar-refractivity contribution >= 4 is 51.0 Å². The van der Waals surface area contributed by atoms with Crippen molar-refractivity contribution in [3.05, 3.63) is 63.4 Å². The van der Waals surface area contributed by atoms with Gasteiger partial charge in [0.1, 0.15) is 12.4 Å². The van der Waals surface area contributed by atoms with E-state index < -0.39 is 28.3 Å². The van der Waals surface area contributed by atoms with Crippen LogP contribution >= 0.6 is 23.2 Å². The number of amides is 1. The largest absolute Gasteiger partial charge is 0.271 e. The molecule has 2 aromatic carbocycles. The Labute approximate surface area is 166 Å². The highest BCUT2D eigenvalue weighted by Gasteiger charge is 2.22. The first kappa shape index (κ1) is 21.1. The van der Waals surface area contributed by atoms with Gasteiger partial charge < -0.3 is 0 Å². The Morgan fingerprint density at radius 3 is 2.63 bits per heavy atom. The lowest BCUT2D eigenvalue weighted by Gasteiger charge is -2.23. The van der Waals surface area contributed by atoms with E-state index in [-0.39, 0.29) is 16.3 Å². The molecule has 0 saturated heterocycles. The molecule has 0 aromatic heterocycles. The second-order valence-electron chi connectivity index (χ2n) is 5.63. The van der Waals surface area contributed by atoms with E-state index in [4.69, 9.17) is 23.2 Å². The van der Waals surface area contributed by atoms with Crippen molar-refractivity contribution in [2.75, 3.05) is 17.1 Å². The van der Waals surface area contributed by atoms with E-state index in [1.165, 1.54) is 24.3 Å². The number of carbonyl (C=O) groups is 1. The zero-order valence-corrected chi connectivity index (χ0v) is 16.7. The Hall–Kier alpha value is -2.16. The Bertz CT molecular complexity index is 977. The average molecular weight is 432 g/mol. The summed E-state index contributed by atoms with van der Waals surface area (Å²) in [4.78, 5) is 12.1. The molecule has 0 radical (unpaired) electrons. The molecule has 0 aliphatic carbocycles. The van der Waals surface area contributed by atoms with Crippen molar-refractivity contribution in [2.24, 2.45) is 5.10 Å². The van der Waals surface area contributed by atoms with Crippen LogP contribution in [0.3, 0.4) is 0 Å². The fraction of sp³-hybridized carbons (Fsp3) is 0.176. The first-order valence-electron chi connectivity index (χ1n) is 7.59. The molecule has 0 aliphatic heterocycles. The molecular weight excluding hydrogens is 416 g/mol. The summed E-state index contributed by atoms with van der Waals surface area (Å²) in [5.41, 5.74) is 3.07. The van der Waals surface area contributed by atoms with Crippen LogP contribution in [-0.2, 0) is 14.8 Å². The topological polar surface area (TPSA) is 78.8 Å². The van der Waals surface area contributed by atoms with Gasteiger partial charge in [-0.2, -0.15) is 5.10 Å². The zero-order valence-electron chi connectivity index (χ0n) is 14.4. The van der Waals surface area contributed by atoms with Crippen LogP contribution in [0.15, 0.2) is 41.5 Å². The Balaban J connectivity index is 2.18. The van der Waals surface area contributed by atoms with Crippen LogP contribution in [0.5, 0.6) is 0 Å². The van der Waals surface area contributed by atoms with Gasteiger partial charge in [-0.15, -0.1) is 0 Å². The van der Waals surface area contributed by atoms with Crippen LogP contribution < -0.4 is 9.73 Å². The molecule has 0 atom stereocenters. The molecule has 1 amide bonds. The van der Waals surface area contributed by atoms with Gasteiger partial charge in [-0.1, -0.05) is 35.3 Å². The van der Waals surface area contributed by atoms with Crippen molar-refractivity contribution < 1.29 is 17.6 Å². The molecule has 2 aromatic rings. The number of rotatable bonds is 6. The highest BCUT2D eigenvalue weighted by atomic mass is 35.5. The van der Waals surface area contributed by atoms with Gasteiger partial charge >= 0.3 is 0 Å².